The summed E-state index contributed by atoms with van der Waals surface area (Å²) in [6.07, 6.45) is 7.71. The number of benzene rings is 2. The second kappa shape index (κ2) is 8.44. The Morgan fingerprint density at radius 3 is 1.97 bits per heavy atom. The highest BCUT2D eigenvalue weighted by Gasteiger charge is 2.52. The Hall–Kier alpha value is -2.82. The monoisotopic (exact) mass is 459 g/mol. The Kier molecular flexibility index (Phi) is 5.39. The van der Waals surface area contributed by atoms with Gasteiger partial charge in [-0.15, -0.1) is 0 Å². The average molecular weight is 460 g/mol. The Labute approximate surface area is 201 Å². The molecule has 2 aromatic rings. The van der Waals surface area contributed by atoms with Crippen LogP contribution in [-0.4, -0.2) is 31.8 Å². The number of amides is 1. The zero-order valence-corrected chi connectivity index (χ0v) is 19.8. The summed E-state index contributed by atoms with van der Waals surface area (Å²) in [6.45, 7) is 0.241. The first-order chi connectivity index (χ1) is 16.5. The molecule has 34 heavy (non-hydrogen) atoms. The van der Waals surface area contributed by atoms with Crippen molar-refractivity contribution in [3.63, 3.8) is 0 Å². The molecule has 0 aliphatic heterocycles. The van der Waals surface area contributed by atoms with Gasteiger partial charge in [-0.05, 0) is 90.4 Å². The molecule has 178 valence electrons. The molecule has 4 saturated carbocycles. The predicted molar refractivity (Wildman–Crippen MR) is 129 cm³/mol. The highest BCUT2D eigenvalue weighted by molar-refractivity contribution is 5.82. The number of alkyl carbamates (subject to hydrolysis) is 1. The number of rotatable bonds is 6. The van der Waals surface area contributed by atoms with Gasteiger partial charge < -0.3 is 14.8 Å². The highest BCUT2D eigenvalue weighted by Crippen LogP contribution is 2.61. The minimum absolute atomic E-state index is 0.00196. The van der Waals surface area contributed by atoms with Crippen LogP contribution in [0, 0.1) is 23.2 Å². The van der Waals surface area contributed by atoms with E-state index in [0.29, 0.717) is 6.42 Å². The molecule has 7 rings (SSSR count). The van der Waals surface area contributed by atoms with Crippen molar-refractivity contribution < 1.29 is 19.1 Å². The summed E-state index contributed by atoms with van der Waals surface area (Å²) in [6, 6.07) is 15.9. The van der Waals surface area contributed by atoms with E-state index in [-0.39, 0.29) is 23.9 Å². The maximum absolute atomic E-state index is 12.9. The fourth-order valence-corrected chi connectivity index (χ4v) is 8.09. The number of carbonyl (C=O) groups is 2. The molecule has 5 nitrogen and oxygen atoms in total. The summed E-state index contributed by atoms with van der Waals surface area (Å²) in [5.74, 6) is 2.00. The fourth-order valence-electron chi connectivity index (χ4n) is 8.09. The van der Waals surface area contributed by atoms with Gasteiger partial charge in [0, 0.05) is 5.92 Å². The molecule has 0 aromatic heterocycles. The van der Waals surface area contributed by atoms with Crippen LogP contribution in [0.25, 0.3) is 11.1 Å². The number of carbonyl (C=O) groups excluding carboxylic acids is 2. The quantitative estimate of drug-likeness (QED) is 0.565. The van der Waals surface area contributed by atoms with E-state index in [1.54, 1.807) is 0 Å². The lowest BCUT2D eigenvalue weighted by molar-refractivity contribution is -0.146. The lowest BCUT2D eigenvalue weighted by Crippen LogP contribution is -2.51. The molecule has 4 fully saturated rings. The second-order valence-corrected chi connectivity index (χ2v) is 11.2. The zero-order valence-electron chi connectivity index (χ0n) is 19.8. The van der Waals surface area contributed by atoms with Crippen molar-refractivity contribution in [1.29, 1.82) is 0 Å². The Bertz CT molecular complexity index is 1030. The number of methoxy groups -OCH3 is 1. The lowest BCUT2D eigenvalue weighted by Gasteiger charge is -2.57. The van der Waals surface area contributed by atoms with E-state index in [1.807, 2.05) is 24.3 Å². The normalized spacial score (nSPS) is 29.3. The molecule has 5 aliphatic carbocycles. The lowest BCUT2D eigenvalue weighted by atomic mass is 9.48. The second-order valence-electron chi connectivity index (χ2n) is 11.2. The first kappa shape index (κ1) is 21.7. The molecule has 0 spiro atoms. The molecular weight excluding hydrogens is 426 g/mol. The van der Waals surface area contributed by atoms with Gasteiger partial charge in [-0.3, -0.25) is 0 Å². The number of hydrogen-bond donors (Lipinski definition) is 1. The topological polar surface area (TPSA) is 64.6 Å². The van der Waals surface area contributed by atoms with Gasteiger partial charge in [0.2, 0.25) is 0 Å². The summed E-state index contributed by atoms with van der Waals surface area (Å²) in [5, 5.41) is 2.88. The van der Waals surface area contributed by atoms with Crippen molar-refractivity contribution in [1.82, 2.24) is 5.32 Å². The van der Waals surface area contributed by atoms with Crippen LogP contribution < -0.4 is 5.32 Å². The number of esters is 1. The van der Waals surface area contributed by atoms with E-state index in [0.717, 1.165) is 17.8 Å². The number of hydrogen-bond acceptors (Lipinski definition) is 4. The molecule has 1 N–H and O–H groups in total. The van der Waals surface area contributed by atoms with Gasteiger partial charge in [-0.25, -0.2) is 9.59 Å². The summed E-state index contributed by atoms with van der Waals surface area (Å²) in [7, 11) is 1.40. The van der Waals surface area contributed by atoms with Gasteiger partial charge in [0.15, 0.2) is 0 Å². The third-order valence-corrected chi connectivity index (χ3v) is 8.92. The van der Waals surface area contributed by atoms with E-state index >= 15 is 0 Å². The van der Waals surface area contributed by atoms with Crippen LogP contribution in [0.2, 0.25) is 0 Å². The summed E-state index contributed by atoms with van der Waals surface area (Å²) in [4.78, 5) is 25.6. The zero-order chi connectivity index (χ0) is 23.3. The third-order valence-electron chi connectivity index (χ3n) is 8.92. The minimum atomic E-state index is -0.656. The molecule has 5 aliphatic rings. The van der Waals surface area contributed by atoms with Crippen molar-refractivity contribution >= 4 is 12.1 Å². The van der Waals surface area contributed by atoms with Crippen LogP contribution in [0.15, 0.2) is 48.5 Å². The van der Waals surface area contributed by atoms with Crippen LogP contribution in [0.3, 0.4) is 0 Å². The van der Waals surface area contributed by atoms with Crippen molar-refractivity contribution in [2.24, 2.45) is 23.2 Å². The molecule has 0 heterocycles. The third kappa shape index (κ3) is 3.79. The number of fused-ring (bicyclic) bond motifs is 3. The predicted octanol–water partition coefficient (Wildman–Crippen LogP) is 5.67. The first-order valence-electron chi connectivity index (χ1n) is 12.7. The summed E-state index contributed by atoms with van der Waals surface area (Å²) in [5.41, 5.74) is 4.90. The molecule has 0 saturated heterocycles. The van der Waals surface area contributed by atoms with Crippen molar-refractivity contribution in [2.75, 3.05) is 13.7 Å². The maximum atomic E-state index is 12.9. The average Bonchev–Trinajstić information content (AvgIpc) is 3.14. The number of nitrogens with one attached hydrogen (secondary N) is 1. The van der Waals surface area contributed by atoms with Crippen molar-refractivity contribution in [2.45, 2.75) is 56.9 Å². The number of ether oxygens (including phenoxy) is 2. The highest BCUT2D eigenvalue weighted by atomic mass is 16.6. The molecule has 0 unspecified atom stereocenters. The van der Waals surface area contributed by atoms with Crippen LogP contribution in [0.5, 0.6) is 0 Å². The maximum Gasteiger partial charge on any atom is 0.407 e. The van der Waals surface area contributed by atoms with E-state index in [1.165, 1.54) is 67.9 Å². The van der Waals surface area contributed by atoms with E-state index < -0.39 is 12.1 Å². The smallest absolute Gasteiger partial charge is 0.407 e. The summed E-state index contributed by atoms with van der Waals surface area (Å²) < 4.78 is 10.8. The van der Waals surface area contributed by atoms with Gasteiger partial charge in [-0.2, -0.15) is 0 Å². The SMILES string of the molecule is COC(=O)[C@H](CC12CC3CC(CC(C3)C1)C2)NC(=O)OCC1c2ccccc2-c2ccccc21. The van der Waals surface area contributed by atoms with Crippen molar-refractivity contribution in [3.05, 3.63) is 59.7 Å². The van der Waals surface area contributed by atoms with Gasteiger partial charge in [0.1, 0.15) is 12.6 Å². The van der Waals surface area contributed by atoms with Gasteiger partial charge in [0.25, 0.3) is 0 Å². The minimum Gasteiger partial charge on any atom is -0.467 e. The Balaban J connectivity index is 1.14. The van der Waals surface area contributed by atoms with E-state index in [4.69, 9.17) is 9.47 Å². The molecule has 1 atom stereocenters. The first-order valence-corrected chi connectivity index (χ1v) is 12.7. The molecular formula is C29H33NO4. The van der Waals surface area contributed by atoms with E-state index in [2.05, 4.69) is 29.6 Å². The van der Waals surface area contributed by atoms with Gasteiger partial charge in [0.05, 0.1) is 7.11 Å². The molecule has 0 radical (unpaired) electrons. The molecule has 4 bridgehead atoms. The summed E-state index contributed by atoms with van der Waals surface area (Å²) >= 11 is 0. The van der Waals surface area contributed by atoms with Gasteiger partial charge in [-0.1, -0.05) is 48.5 Å². The Morgan fingerprint density at radius 2 is 1.44 bits per heavy atom. The molecule has 1 amide bonds. The molecule has 5 heteroatoms. The van der Waals surface area contributed by atoms with Gasteiger partial charge >= 0.3 is 12.1 Å². The van der Waals surface area contributed by atoms with Crippen molar-refractivity contribution in [3.8, 4) is 11.1 Å². The Morgan fingerprint density at radius 1 is 0.912 bits per heavy atom. The fraction of sp³-hybridized carbons (Fsp3) is 0.517. The van der Waals surface area contributed by atoms with Crippen LogP contribution in [0.1, 0.15) is 62.0 Å². The molecule has 2 aromatic carbocycles. The van der Waals surface area contributed by atoms with E-state index in [9.17, 15) is 9.59 Å². The largest absolute Gasteiger partial charge is 0.467 e. The van der Waals surface area contributed by atoms with Crippen LogP contribution in [0.4, 0.5) is 4.79 Å². The van der Waals surface area contributed by atoms with Crippen LogP contribution >= 0.6 is 0 Å². The van der Waals surface area contributed by atoms with Crippen LogP contribution in [-0.2, 0) is 14.3 Å². The standard InChI is InChI=1S/C29H33NO4/c1-33-27(31)26(16-29-13-18-10-19(14-29)12-20(11-18)15-29)30-28(32)34-17-25-23-8-4-2-6-21(23)22-7-3-5-9-24(22)25/h2-9,18-20,25-26H,10-17H2,1H3,(H,30,32)/t18?,19?,20?,26-,29?/m0/s1.